The first kappa shape index (κ1) is 17.2. The van der Waals surface area contributed by atoms with E-state index in [0.29, 0.717) is 13.2 Å². The van der Waals surface area contributed by atoms with Gasteiger partial charge in [0.15, 0.2) is 0 Å². The van der Waals surface area contributed by atoms with E-state index in [0.717, 1.165) is 31.7 Å². The Morgan fingerprint density at radius 2 is 1.88 bits per heavy atom. The third-order valence-corrected chi connectivity index (χ3v) is 4.82. The van der Waals surface area contributed by atoms with E-state index in [4.69, 9.17) is 9.47 Å². The van der Waals surface area contributed by atoms with Gasteiger partial charge in [0.2, 0.25) is 0 Å². The highest BCUT2D eigenvalue weighted by Gasteiger charge is 2.27. The van der Waals surface area contributed by atoms with E-state index in [1.807, 2.05) is 30.3 Å². The lowest BCUT2D eigenvalue weighted by Gasteiger charge is -2.26. The van der Waals surface area contributed by atoms with E-state index in [9.17, 15) is 4.79 Å². The molecule has 0 spiro atoms. The summed E-state index contributed by atoms with van der Waals surface area (Å²) >= 11 is 0. The standard InChI is InChI=1S/C19H28N2O3/c22-19(24-16-17-7-3-1-4-8-17)21-12-9-18(15-21)23-14-13-20-10-5-2-6-11-20/h1,3-4,7-8,18H,2,5-6,9-16H2. The predicted molar refractivity (Wildman–Crippen MR) is 92.8 cm³/mol. The monoisotopic (exact) mass is 332 g/mol. The second-order valence-electron chi connectivity index (χ2n) is 6.67. The highest BCUT2D eigenvalue weighted by Crippen LogP contribution is 2.15. The van der Waals surface area contributed by atoms with Crippen molar-refractivity contribution in [1.29, 1.82) is 0 Å². The second-order valence-corrected chi connectivity index (χ2v) is 6.67. The number of hydrogen-bond acceptors (Lipinski definition) is 4. The van der Waals surface area contributed by atoms with Crippen LogP contribution in [0.4, 0.5) is 4.79 Å². The Bertz CT molecular complexity index is 503. The summed E-state index contributed by atoms with van der Waals surface area (Å²) in [6, 6.07) is 9.78. The van der Waals surface area contributed by atoms with Gasteiger partial charge in [-0.3, -0.25) is 0 Å². The second kappa shape index (κ2) is 9.04. The lowest BCUT2D eigenvalue weighted by molar-refractivity contribution is 0.0372. The summed E-state index contributed by atoms with van der Waals surface area (Å²) in [5.41, 5.74) is 1.01. The quantitative estimate of drug-likeness (QED) is 0.803. The topological polar surface area (TPSA) is 42.0 Å². The molecule has 2 saturated heterocycles. The van der Waals surface area contributed by atoms with Crippen molar-refractivity contribution in [3.8, 4) is 0 Å². The molecule has 0 saturated carbocycles. The number of piperidine rings is 1. The molecule has 0 aliphatic carbocycles. The number of hydrogen-bond donors (Lipinski definition) is 0. The molecule has 1 atom stereocenters. The van der Waals surface area contributed by atoms with Gasteiger partial charge in [0.25, 0.3) is 0 Å². The van der Waals surface area contributed by atoms with Gasteiger partial charge < -0.3 is 19.3 Å². The molecule has 1 aromatic carbocycles. The third-order valence-electron chi connectivity index (χ3n) is 4.82. The van der Waals surface area contributed by atoms with Crippen molar-refractivity contribution in [3.63, 3.8) is 0 Å². The van der Waals surface area contributed by atoms with E-state index >= 15 is 0 Å². The number of carbonyl (C=O) groups is 1. The molecule has 1 amide bonds. The van der Waals surface area contributed by atoms with Crippen LogP contribution in [-0.4, -0.2) is 61.3 Å². The molecule has 5 heteroatoms. The molecule has 2 fully saturated rings. The zero-order valence-corrected chi connectivity index (χ0v) is 14.4. The Morgan fingerprint density at radius 3 is 2.67 bits per heavy atom. The molecule has 1 aromatic rings. The Kier molecular flexibility index (Phi) is 6.49. The Balaban J connectivity index is 1.31. The van der Waals surface area contributed by atoms with Gasteiger partial charge in [-0.15, -0.1) is 0 Å². The fraction of sp³-hybridized carbons (Fsp3) is 0.632. The Hall–Kier alpha value is -1.59. The van der Waals surface area contributed by atoms with Crippen molar-refractivity contribution in [2.24, 2.45) is 0 Å². The summed E-state index contributed by atoms with van der Waals surface area (Å²) < 4.78 is 11.3. The van der Waals surface area contributed by atoms with Crippen LogP contribution in [0.3, 0.4) is 0 Å². The lowest BCUT2D eigenvalue weighted by Crippen LogP contribution is -2.34. The molecule has 0 bridgehead atoms. The zero-order valence-electron chi connectivity index (χ0n) is 14.4. The molecule has 2 aliphatic rings. The number of benzene rings is 1. The van der Waals surface area contributed by atoms with E-state index < -0.39 is 0 Å². The van der Waals surface area contributed by atoms with Crippen LogP contribution in [0.1, 0.15) is 31.2 Å². The molecule has 24 heavy (non-hydrogen) atoms. The summed E-state index contributed by atoms with van der Waals surface area (Å²) in [6.07, 6.45) is 4.80. The smallest absolute Gasteiger partial charge is 0.410 e. The van der Waals surface area contributed by atoms with E-state index in [1.165, 1.54) is 32.4 Å². The molecule has 0 aromatic heterocycles. The summed E-state index contributed by atoms with van der Waals surface area (Å²) in [5.74, 6) is 0. The van der Waals surface area contributed by atoms with Crippen LogP contribution in [-0.2, 0) is 16.1 Å². The molecule has 0 radical (unpaired) electrons. The Labute approximate surface area is 144 Å². The Morgan fingerprint density at radius 1 is 1.08 bits per heavy atom. The predicted octanol–water partition coefficient (Wildman–Crippen LogP) is 2.90. The van der Waals surface area contributed by atoms with Crippen LogP contribution < -0.4 is 0 Å². The number of carbonyl (C=O) groups excluding carboxylic acids is 1. The molecule has 1 unspecified atom stereocenters. The number of ether oxygens (including phenoxy) is 2. The minimum atomic E-state index is -0.235. The van der Waals surface area contributed by atoms with Crippen molar-refractivity contribution in [3.05, 3.63) is 35.9 Å². The van der Waals surface area contributed by atoms with Crippen molar-refractivity contribution in [2.45, 2.75) is 38.4 Å². The van der Waals surface area contributed by atoms with Crippen molar-refractivity contribution >= 4 is 6.09 Å². The maximum absolute atomic E-state index is 12.1. The average molecular weight is 332 g/mol. The summed E-state index contributed by atoms with van der Waals surface area (Å²) in [5, 5.41) is 0. The summed E-state index contributed by atoms with van der Waals surface area (Å²) in [4.78, 5) is 16.4. The van der Waals surface area contributed by atoms with Crippen LogP contribution in [0, 0.1) is 0 Å². The lowest BCUT2D eigenvalue weighted by atomic mass is 10.1. The van der Waals surface area contributed by atoms with E-state index in [2.05, 4.69) is 4.90 Å². The normalized spacial score (nSPS) is 21.8. The first-order valence-electron chi connectivity index (χ1n) is 9.11. The van der Waals surface area contributed by atoms with Crippen molar-refractivity contribution < 1.29 is 14.3 Å². The van der Waals surface area contributed by atoms with Gasteiger partial charge in [-0.05, 0) is 37.9 Å². The molecule has 2 aliphatic heterocycles. The van der Waals surface area contributed by atoms with Crippen LogP contribution in [0.5, 0.6) is 0 Å². The molecule has 5 nitrogen and oxygen atoms in total. The van der Waals surface area contributed by atoms with Gasteiger partial charge >= 0.3 is 6.09 Å². The van der Waals surface area contributed by atoms with Gasteiger partial charge in [-0.1, -0.05) is 36.8 Å². The van der Waals surface area contributed by atoms with Gasteiger partial charge in [-0.2, -0.15) is 0 Å². The highest BCUT2D eigenvalue weighted by molar-refractivity contribution is 5.68. The highest BCUT2D eigenvalue weighted by atomic mass is 16.6. The van der Waals surface area contributed by atoms with Gasteiger partial charge in [0.1, 0.15) is 6.61 Å². The maximum atomic E-state index is 12.1. The fourth-order valence-corrected chi connectivity index (χ4v) is 3.37. The van der Waals surface area contributed by atoms with Gasteiger partial charge in [-0.25, -0.2) is 4.79 Å². The maximum Gasteiger partial charge on any atom is 0.410 e. The number of rotatable bonds is 6. The van der Waals surface area contributed by atoms with Crippen molar-refractivity contribution in [1.82, 2.24) is 9.80 Å². The van der Waals surface area contributed by atoms with E-state index in [1.54, 1.807) is 4.90 Å². The molecular weight excluding hydrogens is 304 g/mol. The van der Waals surface area contributed by atoms with Gasteiger partial charge in [0.05, 0.1) is 19.3 Å². The molecule has 0 N–H and O–H groups in total. The summed E-state index contributed by atoms with van der Waals surface area (Å²) in [7, 11) is 0. The van der Waals surface area contributed by atoms with Crippen LogP contribution in [0.15, 0.2) is 30.3 Å². The molecule has 132 valence electrons. The van der Waals surface area contributed by atoms with Crippen LogP contribution in [0.2, 0.25) is 0 Å². The van der Waals surface area contributed by atoms with Crippen molar-refractivity contribution in [2.75, 3.05) is 39.3 Å². The van der Waals surface area contributed by atoms with Gasteiger partial charge in [0, 0.05) is 13.1 Å². The number of likely N-dealkylation sites (tertiary alicyclic amines) is 2. The SMILES string of the molecule is O=C(OCc1ccccc1)N1CCC(OCCN2CCCCC2)C1. The largest absolute Gasteiger partial charge is 0.445 e. The fourth-order valence-electron chi connectivity index (χ4n) is 3.37. The molecule has 3 rings (SSSR count). The molecular formula is C19H28N2O3. The van der Waals surface area contributed by atoms with Crippen LogP contribution >= 0.6 is 0 Å². The minimum Gasteiger partial charge on any atom is -0.445 e. The zero-order chi connectivity index (χ0) is 16.6. The third kappa shape index (κ3) is 5.21. The summed E-state index contributed by atoms with van der Waals surface area (Å²) in [6.45, 7) is 5.87. The van der Waals surface area contributed by atoms with E-state index in [-0.39, 0.29) is 12.2 Å². The first-order chi connectivity index (χ1) is 11.8. The molecule has 2 heterocycles. The first-order valence-corrected chi connectivity index (χ1v) is 9.11. The number of amides is 1. The van der Waals surface area contributed by atoms with Crippen LogP contribution in [0.25, 0.3) is 0 Å². The average Bonchev–Trinajstić information content (AvgIpc) is 3.10. The number of nitrogens with zero attached hydrogens (tertiary/aromatic N) is 2. The minimum absolute atomic E-state index is 0.152.